The van der Waals surface area contributed by atoms with E-state index in [9.17, 15) is 9.59 Å². The molecule has 5 nitrogen and oxygen atoms in total. The van der Waals surface area contributed by atoms with Crippen molar-refractivity contribution in [2.75, 3.05) is 11.9 Å². The molecule has 0 saturated carbocycles. The maximum Gasteiger partial charge on any atom is 0.338 e. The van der Waals surface area contributed by atoms with Gasteiger partial charge in [0.25, 0.3) is 5.91 Å². The van der Waals surface area contributed by atoms with Gasteiger partial charge in [-0.15, -0.1) is 0 Å². The lowest BCUT2D eigenvalue weighted by Gasteiger charge is -2.15. The first kappa shape index (κ1) is 17.6. The minimum Gasteiger partial charge on any atom is -0.493 e. The molecule has 0 fully saturated rings. The van der Waals surface area contributed by atoms with Gasteiger partial charge in [-0.2, -0.15) is 0 Å². The highest BCUT2D eigenvalue weighted by Crippen LogP contribution is 2.30. The highest BCUT2D eigenvalue weighted by atomic mass is 35.5. The Hall–Kier alpha value is -2.24. The number of amides is 1. The van der Waals surface area contributed by atoms with Crippen LogP contribution >= 0.6 is 23.2 Å². The lowest BCUT2D eigenvalue weighted by atomic mass is 10.1. The van der Waals surface area contributed by atoms with E-state index in [-0.39, 0.29) is 5.02 Å². The van der Waals surface area contributed by atoms with Crippen molar-refractivity contribution >= 4 is 40.8 Å². The predicted octanol–water partition coefficient (Wildman–Crippen LogP) is 4.11. The van der Waals surface area contributed by atoms with E-state index >= 15 is 0 Å². The Bertz CT molecular complexity index is 838. The molecule has 0 saturated heterocycles. The third-order valence-corrected chi connectivity index (χ3v) is 4.61. The number of anilines is 1. The van der Waals surface area contributed by atoms with E-state index in [1.807, 2.05) is 0 Å². The van der Waals surface area contributed by atoms with E-state index in [0.717, 1.165) is 17.7 Å². The molecule has 0 bridgehead atoms. The van der Waals surface area contributed by atoms with Crippen LogP contribution in [0.5, 0.6) is 5.75 Å². The van der Waals surface area contributed by atoms with Gasteiger partial charge < -0.3 is 14.8 Å². The first-order chi connectivity index (χ1) is 12.0. The van der Waals surface area contributed by atoms with E-state index in [4.69, 9.17) is 32.7 Å². The van der Waals surface area contributed by atoms with Crippen molar-refractivity contribution in [3.8, 4) is 5.75 Å². The SMILES string of the molecule is CC(OC(=O)c1ccc2c(c1)CCO2)C(=O)Nc1cccc(Cl)c1Cl. The van der Waals surface area contributed by atoms with Gasteiger partial charge in [-0.3, -0.25) is 4.79 Å². The van der Waals surface area contributed by atoms with Crippen LogP contribution in [-0.4, -0.2) is 24.6 Å². The number of hydrogen-bond acceptors (Lipinski definition) is 4. The fraction of sp³-hybridized carbons (Fsp3) is 0.222. The molecule has 7 heteroatoms. The zero-order valence-electron chi connectivity index (χ0n) is 13.3. The third kappa shape index (κ3) is 3.89. The molecule has 0 radical (unpaired) electrons. The van der Waals surface area contributed by atoms with Gasteiger partial charge in [-0.25, -0.2) is 4.79 Å². The Morgan fingerprint density at radius 3 is 2.84 bits per heavy atom. The summed E-state index contributed by atoms with van der Waals surface area (Å²) in [5, 5.41) is 3.15. The fourth-order valence-corrected chi connectivity index (χ4v) is 2.78. The molecule has 1 atom stereocenters. The van der Waals surface area contributed by atoms with E-state index in [1.165, 1.54) is 6.92 Å². The maximum atomic E-state index is 12.2. The van der Waals surface area contributed by atoms with Crippen LogP contribution < -0.4 is 10.1 Å². The summed E-state index contributed by atoms with van der Waals surface area (Å²) < 4.78 is 10.6. The summed E-state index contributed by atoms with van der Waals surface area (Å²) in [6, 6.07) is 9.96. The molecule has 2 aromatic carbocycles. The molecule has 1 aliphatic heterocycles. The maximum absolute atomic E-state index is 12.2. The van der Waals surface area contributed by atoms with Crippen LogP contribution in [0.4, 0.5) is 5.69 Å². The quantitative estimate of drug-likeness (QED) is 0.811. The zero-order valence-corrected chi connectivity index (χ0v) is 14.9. The van der Waals surface area contributed by atoms with Crippen molar-refractivity contribution < 1.29 is 19.1 Å². The largest absolute Gasteiger partial charge is 0.493 e. The van der Waals surface area contributed by atoms with E-state index in [1.54, 1.807) is 36.4 Å². The molecule has 0 aromatic heterocycles. The fourth-order valence-electron chi connectivity index (χ4n) is 2.43. The molecule has 0 spiro atoms. The van der Waals surface area contributed by atoms with Crippen molar-refractivity contribution in [2.24, 2.45) is 0 Å². The average Bonchev–Trinajstić information content (AvgIpc) is 3.06. The minimum absolute atomic E-state index is 0.231. The molecule has 1 unspecified atom stereocenters. The van der Waals surface area contributed by atoms with Crippen LogP contribution in [0.1, 0.15) is 22.8 Å². The first-order valence-electron chi connectivity index (χ1n) is 7.67. The van der Waals surface area contributed by atoms with Crippen molar-refractivity contribution in [2.45, 2.75) is 19.4 Å². The number of nitrogens with one attached hydrogen (secondary N) is 1. The van der Waals surface area contributed by atoms with Crippen LogP contribution in [0.2, 0.25) is 10.0 Å². The normalized spacial score (nSPS) is 13.6. The van der Waals surface area contributed by atoms with E-state index in [2.05, 4.69) is 5.32 Å². The monoisotopic (exact) mass is 379 g/mol. The number of carbonyl (C=O) groups is 2. The lowest BCUT2D eigenvalue weighted by Crippen LogP contribution is -2.30. The third-order valence-electron chi connectivity index (χ3n) is 3.79. The second kappa shape index (κ2) is 7.33. The van der Waals surface area contributed by atoms with Gasteiger partial charge in [0.15, 0.2) is 6.10 Å². The molecule has 1 aliphatic rings. The van der Waals surface area contributed by atoms with E-state index < -0.39 is 18.0 Å². The molecule has 25 heavy (non-hydrogen) atoms. The summed E-state index contributed by atoms with van der Waals surface area (Å²) in [6.07, 6.45) is -0.244. The average molecular weight is 380 g/mol. The van der Waals surface area contributed by atoms with Gasteiger partial charge >= 0.3 is 5.97 Å². The van der Waals surface area contributed by atoms with Crippen LogP contribution in [0.25, 0.3) is 0 Å². The number of ether oxygens (including phenoxy) is 2. The Kier molecular flexibility index (Phi) is 5.16. The highest BCUT2D eigenvalue weighted by Gasteiger charge is 2.22. The Morgan fingerprint density at radius 2 is 2.04 bits per heavy atom. The lowest BCUT2D eigenvalue weighted by molar-refractivity contribution is -0.123. The topological polar surface area (TPSA) is 64.6 Å². The summed E-state index contributed by atoms with van der Waals surface area (Å²) in [6.45, 7) is 2.09. The summed E-state index contributed by atoms with van der Waals surface area (Å²) in [7, 11) is 0. The Balaban J connectivity index is 1.65. The zero-order chi connectivity index (χ0) is 18.0. The van der Waals surface area contributed by atoms with Gasteiger partial charge in [-0.1, -0.05) is 29.3 Å². The summed E-state index contributed by atoms with van der Waals surface area (Å²) in [5.74, 6) is -0.297. The van der Waals surface area contributed by atoms with Gasteiger partial charge in [0.05, 0.1) is 27.9 Å². The second-order valence-corrected chi connectivity index (χ2v) is 6.34. The van der Waals surface area contributed by atoms with Crippen molar-refractivity contribution in [1.29, 1.82) is 0 Å². The van der Waals surface area contributed by atoms with Crippen molar-refractivity contribution in [1.82, 2.24) is 0 Å². The molecular formula is C18H15Cl2NO4. The number of rotatable bonds is 4. The summed E-state index contributed by atoms with van der Waals surface area (Å²) in [4.78, 5) is 24.5. The molecule has 1 N–H and O–H groups in total. The molecule has 1 heterocycles. The van der Waals surface area contributed by atoms with Crippen LogP contribution in [-0.2, 0) is 16.0 Å². The number of esters is 1. The van der Waals surface area contributed by atoms with Crippen LogP contribution in [0.3, 0.4) is 0 Å². The van der Waals surface area contributed by atoms with E-state index in [0.29, 0.717) is 22.9 Å². The molecular weight excluding hydrogens is 365 g/mol. The number of hydrogen-bond donors (Lipinski definition) is 1. The van der Waals surface area contributed by atoms with Crippen LogP contribution in [0.15, 0.2) is 36.4 Å². The minimum atomic E-state index is -0.993. The van der Waals surface area contributed by atoms with Gasteiger partial charge in [-0.05, 0) is 42.8 Å². The Morgan fingerprint density at radius 1 is 1.24 bits per heavy atom. The second-order valence-electron chi connectivity index (χ2n) is 5.56. The Labute approximate surface area is 154 Å². The number of fused-ring (bicyclic) bond motifs is 1. The van der Waals surface area contributed by atoms with Crippen molar-refractivity contribution in [3.63, 3.8) is 0 Å². The first-order valence-corrected chi connectivity index (χ1v) is 8.43. The molecule has 1 amide bonds. The van der Waals surface area contributed by atoms with Gasteiger partial charge in [0.2, 0.25) is 0 Å². The standard InChI is InChI=1S/C18H15Cl2NO4/c1-10(17(22)21-14-4-2-3-13(19)16(14)20)25-18(23)12-5-6-15-11(9-12)7-8-24-15/h2-6,9-10H,7-8H2,1H3,(H,21,22). The molecule has 130 valence electrons. The summed E-state index contributed by atoms with van der Waals surface area (Å²) >= 11 is 11.9. The molecule has 3 rings (SSSR count). The molecule has 2 aromatic rings. The van der Waals surface area contributed by atoms with Gasteiger partial charge in [0.1, 0.15) is 5.75 Å². The smallest absolute Gasteiger partial charge is 0.338 e. The highest BCUT2D eigenvalue weighted by molar-refractivity contribution is 6.44. The number of benzene rings is 2. The van der Waals surface area contributed by atoms with Crippen molar-refractivity contribution in [3.05, 3.63) is 57.6 Å². The number of halogens is 2. The predicted molar refractivity (Wildman–Crippen MR) is 95.6 cm³/mol. The van der Waals surface area contributed by atoms with Gasteiger partial charge in [0, 0.05) is 6.42 Å². The van der Waals surface area contributed by atoms with Crippen LogP contribution in [0, 0.1) is 0 Å². The summed E-state index contributed by atoms with van der Waals surface area (Å²) in [5.41, 5.74) is 1.69. The molecule has 0 aliphatic carbocycles. The number of carbonyl (C=O) groups excluding carboxylic acids is 2.